The van der Waals surface area contributed by atoms with Gasteiger partial charge in [0.05, 0.1) is 24.6 Å². The van der Waals surface area contributed by atoms with Crippen molar-refractivity contribution in [3.63, 3.8) is 0 Å². The Morgan fingerprint density at radius 3 is 1.27 bits per heavy atom. The van der Waals surface area contributed by atoms with Gasteiger partial charge in [-0.3, -0.25) is 4.40 Å². The van der Waals surface area contributed by atoms with E-state index in [0.717, 1.165) is 54.7 Å². The number of hydrogen-bond donors (Lipinski definition) is 1. The quantitative estimate of drug-likeness (QED) is 0.122. The van der Waals surface area contributed by atoms with Crippen LogP contribution in [0.2, 0.25) is 0 Å². The minimum Gasteiger partial charge on any atom is -0.0622 e. The molecule has 62 heavy (non-hydrogen) atoms. The van der Waals surface area contributed by atoms with Gasteiger partial charge in [0.25, 0.3) is 0 Å². The molecule has 11 heteroatoms. The van der Waals surface area contributed by atoms with E-state index in [1.807, 2.05) is 31.7 Å². The van der Waals surface area contributed by atoms with Crippen LogP contribution in [0, 0.1) is 6.92 Å². The summed E-state index contributed by atoms with van der Waals surface area (Å²) < 4.78 is 7.54. The van der Waals surface area contributed by atoms with E-state index in [2.05, 4.69) is 207 Å². The van der Waals surface area contributed by atoms with Gasteiger partial charge in [0, 0.05) is 43.4 Å². The van der Waals surface area contributed by atoms with Crippen molar-refractivity contribution < 1.29 is 20.7 Å². The number of hydrogen-bond acceptors (Lipinski definition) is 4. The molecule has 4 heterocycles. The zero-order valence-electron chi connectivity index (χ0n) is 34.2. The zero-order chi connectivity index (χ0) is 42.8. The molecule has 1 aliphatic heterocycles. The summed E-state index contributed by atoms with van der Waals surface area (Å²) in [6.45, 7) is 5.24. The zero-order valence-corrected chi connectivity index (χ0v) is 39.1. The summed E-state index contributed by atoms with van der Waals surface area (Å²) in [5.41, 5.74) is 4.17. The van der Waals surface area contributed by atoms with Crippen molar-refractivity contribution in [1.29, 1.82) is 0 Å². The Labute approximate surface area is 383 Å². The topological polar surface area (TPSA) is 58.4 Å². The first-order chi connectivity index (χ1) is 30.7. The number of halogens is 2. The van der Waals surface area contributed by atoms with E-state index in [0.29, 0.717) is 0 Å². The first-order valence-electron chi connectivity index (χ1n) is 20.2. The van der Waals surface area contributed by atoms with Gasteiger partial charge in [-0.1, -0.05) is 182 Å². The van der Waals surface area contributed by atoms with Crippen LogP contribution in [-0.4, -0.2) is 45.7 Å². The molecule has 9 aromatic rings. The molecule has 0 bridgehead atoms. The predicted octanol–water partition coefficient (Wildman–Crippen LogP) is 10.1. The third-order valence-corrected chi connectivity index (χ3v) is 14.9. The van der Waals surface area contributed by atoms with Crippen LogP contribution < -0.4 is 36.7 Å². The van der Waals surface area contributed by atoms with E-state index >= 15 is 0 Å². The van der Waals surface area contributed by atoms with Gasteiger partial charge >= 0.3 is 35.0 Å². The first kappa shape index (κ1) is 45.1. The maximum absolute atomic E-state index is 5.42. The van der Waals surface area contributed by atoms with Gasteiger partial charge < -0.3 is 14.6 Å². The molecule has 0 unspecified atom stereocenters. The molecular weight excluding hydrogens is 938 g/mol. The molecule has 1 fully saturated rings. The molecule has 0 spiro atoms. The molecule has 0 atom stereocenters. The number of aryl methyl sites for hydroxylation is 1. The fourth-order valence-corrected chi connectivity index (χ4v) is 11.9. The second-order valence-electron chi connectivity index (χ2n) is 13.9. The Hall–Kier alpha value is -4.92. The predicted molar refractivity (Wildman–Crippen MR) is 263 cm³/mol. The number of imidazole rings is 1. The van der Waals surface area contributed by atoms with Crippen molar-refractivity contribution in [2.24, 2.45) is 0 Å². The summed E-state index contributed by atoms with van der Waals surface area (Å²) in [7, 11) is 8.74. The summed E-state index contributed by atoms with van der Waals surface area (Å²) in [6.07, 6.45) is 7.74. The monoisotopic (exact) mass is 983 g/mol. The van der Waals surface area contributed by atoms with Crippen molar-refractivity contribution >= 4 is 78.2 Å². The average molecular weight is 985 g/mol. The van der Waals surface area contributed by atoms with Gasteiger partial charge in [-0.05, 0) is 60.7 Å². The second kappa shape index (κ2) is 24.1. The summed E-state index contributed by atoms with van der Waals surface area (Å²) in [6, 6.07) is 66.7. The third-order valence-electron chi connectivity index (χ3n) is 9.97. The van der Waals surface area contributed by atoms with Crippen LogP contribution in [0.5, 0.6) is 0 Å². The van der Waals surface area contributed by atoms with E-state index < -0.39 is 15.8 Å². The number of benzene rings is 6. The SMILES string of the molecule is Cc1nc2c(N3CCOCC3)nccn2c1-c1cc[nH]c1.[Cl][Pd][Cl].c1ccc(P(c2ccccc2)c2ccccc2)cc1.c1ccc(P(c2ccccc2)c2ccccc2)cc1. The molecule has 3 aromatic heterocycles. The fourth-order valence-electron chi connectivity index (χ4n) is 7.25. The maximum atomic E-state index is 5.42. The molecule has 0 amide bonds. The van der Waals surface area contributed by atoms with Gasteiger partial charge in [0.1, 0.15) is 0 Å². The largest absolute Gasteiger partial charge is 0.0622 e. The van der Waals surface area contributed by atoms with Crippen LogP contribution in [0.1, 0.15) is 5.69 Å². The molecule has 0 radical (unpaired) electrons. The number of nitrogens with one attached hydrogen (secondary N) is 1. The Morgan fingerprint density at radius 2 is 0.935 bits per heavy atom. The van der Waals surface area contributed by atoms with Crippen LogP contribution in [0.4, 0.5) is 5.82 Å². The summed E-state index contributed by atoms with van der Waals surface area (Å²) in [4.78, 5) is 14.6. The minimum absolute atomic E-state index is 0.106. The Balaban J connectivity index is 0.000000136. The Morgan fingerprint density at radius 1 is 0.565 bits per heavy atom. The van der Waals surface area contributed by atoms with E-state index in [-0.39, 0.29) is 15.9 Å². The van der Waals surface area contributed by atoms with Crippen LogP contribution in [-0.2, 0) is 20.7 Å². The molecule has 6 nitrogen and oxygen atoms in total. The van der Waals surface area contributed by atoms with Crippen molar-refractivity contribution in [2.45, 2.75) is 6.92 Å². The summed E-state index contributed by atoms with van der Waals surface area (Å²) in [5.74, 6) is 0.936. The number of ether oxygens (including phenoxy) is 1. The van der Waals surface area contributed by atoms with E-state index in [4.69, 9.17) is 28.8 Å². The summed E-state index contributed by atoms with van der Waals surface area (Å²) >= 11 is -0.106. The van der Waals surface area contributed by atoms with Crippen molar-refractivity contribution in [3.8, 4) is 11.3 Å². The number of aromatic amines is 1. The number of H-pyrrole nitrogens is 1. The second-order valence-corrected chi connectivity index (χ2v) is 20.7. The number of anilines is 1. The van der Waals surface area contributed by atoms with Gasteiger partial charge in [-0.15, -0.1) is 0 Å². The van der Waals surface area contributed by atoms with Crippen LogP contribution >= 0.6 is 34.9 Å². The van der Waals surface area contributed by atoms with Crippen molar-refractivity contribution in [1.82, 2.24) is 19.4 Å². The molecule has 1 saturated heterocycles. The van der Waals surface area contributed by atoms with Gasteiger partial charge in [0.2, 0.25) is 0 Å². The number of aromatic nitrogens is 4. The number of fused-ring (bicyclic) bond motifs is 1. The number of rotatable bonds is 8. The molecule has 6 aromatic carbocycles. The number of nitrogens with zero attached hydrogens (tertiary/aromatic N) is 4. The van der Waals surface area contributed by atoms with E-state index in [9.17, 15) is 0 Å². The third kappa shape index (κ3) is 12.0. The van der Waals surface area contributed by atoms with Gasteiger partial charge in [0.15, 0.2) is 11.5 Å². The molecule has 316 valence electrons. The molecule has 0 aliphatic carbocycles. The van der Waals surface area contributed by atoms with Crippen LogP contribution in [0.3, 0.4) is 0 Å². The minimum atomic E-state index is -0.446. The fraction of sp³-hybridized carbons (Fsp3) is 0.0980. The maximum Gasteiger partial charge on any atom is -0.0134 e. The van der Waals surface area contributed by atoms with E-state index in [1.54, 1.807) is 0 Å². The van der Waals surface area contributed by atoms with Gasteiger partial charge in [-0.25, -0.2) is 9.97 Å². The van der Waals surface area contributed by atoms with Crippen LogP contribution in [0.25, 0.3) is 16.9 Å². The Bertz CT molecular complexity index is 2320. The standard InChI is InChI=1S/2C18H15P.C15H17N5O.2ClH.Pd/c2*1-4-10-16(11-5-1)19(17-12-6-2-7-13-17)18-14-8-3-9-15-18;1-11-13(12-2-3-16-10-12)20-5-4-17-14(15(20)18-11)19-6-8-21-9-7-19;;;/h2*1-15H;2-5,10,16H,6-9H2,1H3;2*1H;/q;;;;;+2/p-2. The smallest absolute Gasteiger partial charge is 0.0134 e. The van der Waals surface area contributed by atoms with Crippen LogP contribution in [0.15, 0.2) is 213 Å². The number of morpholine rings is 1. The van der Waals surface area contributed by atoms with Crippen molar-refractivity contribution in [2.75, 3.05) is 31.2 Å². The molecule has 10 rings (SSSR count). The normalized spacial score (nSPS) is 12.2. The molecule has 1 aliphatic rings. The van der Waals surface area contributed by atoms with Gasteiger partial charge in [-0.2, -0.15) is 0 Å². The first-order valence-corrected chi connectivity index (χ1v) is 26.9. The Kier molecular flexibility index (Phi) is 17.5. The average Bonchev–Trinajstić information content (AvgIpc) is 4.00. The molecule has 1 N–H and O–H groups in total. The molecule has 0 saturated carbocycles. The summed E-state index contributed by atoms with van der Waals surface area (Å²) in [5, 5.41) is 8.39. The van der Waals surface area contributed by atoms with E-state index in [1.165, 1.54) is 31.8 Å². The van der Waals surface area contributed by atoms with Crippen molar-refractivity contribution in [3.05, 3.63) is 219 Å². The molecular formula is C51H47Cl2N5OP2Pd.